The Labute approximate surface area is 120 Å². The van der Waals surface area contributed by atoms with Gasteiger partial charge in [-0.1, -0.05) is 6.42 Å². The van der Waals surface area contributed by atoms with Crippen LogP contribution in [-0.4, -0.2) is 38.1 Å². The second-order valence-corrected chi connectivity index (χ2v) is 5.50. The fourth-order valence-electron chi connectivity index (χ4n) is 2.40. The van der Waals surface area contributed by atoms with E-state index in [1.807, 2.05) is 7.05 Å². The van der Waals surface area contributed by atoms with Gasteiger partial charge in [-0.2, -0.15) is 0 Å². The molecule has 0 saturated heterocycles. The van der Waals surface area contributed by atoms with E-state index in [9.17, 15) is 4.79 Å². The first-order valence-corrected chi connectivity index (χ1v) is 7.00. The van der Waals surface area contributed by atoms with Crippen LogP contribution in [0, 0.1) is 5.92 Å². The number of amides is 1. The monoisotopic (exact) mass is 277 g/mol. The molecular weight excluding hydrogens is 254 g/mol. The summed E-state index contributed by atoms with van der Waals surface area (Å²) in [4.78, 5) is 14.0. The zero-order chi connectivity index (χ0) is 14.5. The van der Waals surface area contributed by atoms with Gasteiger partial charge in [0.2, 0.25) is 5.91 Å². The van der Waals surface area contributed by atoms with Gasteiger partial charge < -0.3 is 15.8 Å². The van der Waals surface area contributed by atoms with Crippen LogP contribution in [0.1, 0.15) is 19.3 Å². The Morgan fingerprint density at radius 3 is 2.80 bits per heavy atom. The lowest BCUT2D eigenvalue weighted by Crippen LogP contribution is -2.35. The van der Waals surface area contributed by atoms with Crippen molar-refractivity contribution in [2.75, 3.05) is 38.3 Å². The van der Waals surface area contributed by atoms with Crippen LogP contribution in [0.4, 0.5) is 11.4 Å². The highest BCUT2D eigenvalue weighted by Gasteiger charge is 2.20. The molecular formula is C15H23N3O2. The molecule has 1 aromatic rings. The van der Waals surface area contributed by atoms with Crippen molar-refractivity contribution in [2.45, 2.75) is 19.3 Å². The molecule has 5 nitrogen and oxygen atoms in total. The molecule has 0 unspecified atom stereocenters. The van der Waals surface area contributed by atoms with Crippen molar-refractivity contribution >= 4 is 17.3 Å². The fourth-order valence-corrected chi connectivity index (χ4v) is 2.40. The molecule has 1 aromatic carbocycles. The molecule has 110 valence electrons. The van der Waals surface area contributed by atoms with E-state index >= 15 is 0 Å². The predicted molar refractivity (Wildman–Crippen MR) is 80.9 cm³/mol. The lowest BCUT2D eigenvalue weighted by Gasteiger charge is -2.29. The van der Waals surface area contributed by atoms with Crippen molar-refractivity contribution in [3.8, 4) is 5.75 Å². The van der Waals surface area contributed by atoms with Gasteiger partial charge in [-0.3, -0.25) is 9.69 Å². The van der Waals surface area contributed by atoms with Crippen LogP contribution in [0.15, 0.2) is 18.2 Å². The molecule has 20 heavy (non-hydrogen) atoms. The summed E-state index contributed by atoms with van der Waals surface area (Å²) in [5.41, 5.74) is 7.02. The van der Waals surface area contributed by atoms with Crippen LogP contribution < -0.4 is 15.8 Å². The van der Waals surface area contributed by atoms with Crippen molar-refractivity contribution in [2.24, 2.45) is 5.92 Å². The molecule has 0 heterocycles. The first kappa shape index (κ1) is 14.7. The Morgan fingerprint density at radius 2 is 2.25 bits per heavy atom. The molecule has 0 aromatic heterocycles. The van der Waals surface area contributed by atoms with Crippen LogP contribution in [0.2, 0.25) is 0 Å². The van der Waals surface area contributed by atoms with Gasteiger partial charge in [-0.15, -0.1) is 0 Å². The zero-order valence-corrected chi connectivity index (χ0v) is 12.2. The Hall–Kier alpha value is -1.75. The Kier molecular flexibility index (Phi) is 4.84. The van der Waals surface area contributed by atoms with Crippen molar-refractivity contribution in [1.29, 1.82) is 0 Å². The molecule has 1 saturated carbocycles. The second kappa shape index (κ2) is 6.61. The number of hydrogen-bond donors (Lipinski definition) is 2. The third-order valence-corrected chi connectivity index (χ3v) is 3.74. The summed E-state index contributed by atoms with van der Waals surface area (Å²) >= 11 is 0. The number of nitrogen functional groups attached to an aromatic ring is 1. The lowest BCUT2D eigenvalue weighted by atomic mass is 9.85. The first-order chi connectivity index (χ1) is 9.58. The van der Waals surface area contributed by atoms with Crippen molar-refractivity contribution < 1.29 is 9.53 Å². The fraction of sp³-hybridized carbons (Fsp3) is 0.533. The minimum atomic E-state index is -0.0382. The molecule has 3 N–H and O–H groups in total. The molecule has 0 aliphatic heterocycles. The minimum absolute atomic E-state index is 0.0382. The molecule has 2 rings (SSSR count). The maximum Gasteiger partial charge on any atom is 0.238 e. The number of benzene rings is 1. The van der Waals surface area contributed by atoms with Crippen LogP contribution >= 0.6 is 0 Å². The van der Waals surface area contributed by atoms with Crippen molar-refractivity contribution in [3.63, 3.8) is 0 Å². The van der Waals surface area contributed by atoms with Gasteiger partial charge in [0, 0.05) is 12.6 Å². The zero-order valence-electron chi connectivity index (χ0n) is 12.2. The number of carbonyl (C=O) groups is 1. The SMILES string of the molecule is COc1ccc(NC(=O)CN(C)CC2CCC2)c(N)c1. The smallest absolute Gasteiger partial charge is 0.238 e. The summed E-state index contributed by atoms with van der Waals surface area (Å²) in [7, 11) is 3.57. The molecule has 0 atom stereocenters. The van der Waals surface area contributed by atoms with Crippen molar-refractivity contribution in [1.82, 2.24) is 4.90 Å². The summed E-state index contributed by atoms with van der Waals surface area (Å²) in [6, 6.07) is 5.25. The number of ether oxygens (including phenoxy) is 1. The number of likely N-dealkylation sites (N-methyl/N-ethyl adjacent to an activating group) is 1. The Morgan fingerprint density at radius 1 is 1.50 bits per heavy atom. The summed E-state index contributed by atoms with van der Waals surface area (Å²) in [5.74, 6) is 1.41. The van der Waals surface area contributed by atoms with E-state index in [-0.39, 0.29) is 5.91 Å². The Balaban J connectivity index is 1.84. The summed E-state index contributed by atoms with van der Waals surface area (Å²) in [6.45, 7) is 1.38. The lowest BCUT2D eigenvalue weighted by molar-refractivity contribution is -0.117. The quantitative estimate of drug-likeness (QED) is 0.780. The number of hydrogen-bond acceptors (Lipinski definition) is 4. The molecule has 1 aliphatic carbocycles. The highest BCUT2D eigenvalue weighted by Crippen LogP contribution is 2.27. The number of nitrogens with one attached hydrogen (secondary N) is 1. The van der Waals surface area contributed by atoms with E-state index in [4.69, 9.17) is 10.5 Å². The van der Waals surface area contributed by atoms with Crippen LogP contribution in [0.3, 0.4) is 0 Å². The largest absolute Gasteiger partial charge is 0.497 e. The van der Waals surface area contributed by atoms with Gasteiger partial charge in [0.15, 0.2) is 0 Å². The number of nitrogens with zero attached hydrogens (tertiary/aromatic N) is 1. The number of rotatable bonds is 6. The first-order valence-electron chi connectivity index (χ1n) is 7.00. The van der Waals surface area contributed by atoms with Gasteiger partial charge in [0.25, 0.3) is 0 Å². The van der Waals surface area contributed by atoms with Gasteiger partial charge in [0.1, 0.15) is 5.75 Å². The average molecular weight is 277 g/mol. The number of nitrogens with two attached hydrogens (primary N) is 1. The van der Waals surface area contributed by atoms with E-state index in [0.717, 1.165) is 12.5 Å². The molecule has 0 spiro atoms. The number of methoxy groups -OCH3 is 1. The minimum Gasteiger partial charge on any atom is -0.497 e. The molecule has 0 bridgehead atoms. The Bertz CT molecular complexity index is 472. The van der Waals surface area contributed by atoms with Crippen LogP contribution in [0.25, 0.3) is 0 Å². The van der Waals surface area contributed by atoms with E-state index < -0.39 is 0 Å². The topological polar surface area (TPSA) is 67.6 Å². The van der Waals surface area contributed by atoms with Gasteiger partial charge in [0.05, 0.1) is 25.0 Å². The third-order valence-electron chi connectivity index (χ3n) is 3.74. The second-order valence-electron chi connectivity index (χ2n) is 5.50. The maximum atomic E-state index is 12.0. The molecule has 0 radical (unpaired) electrons. The van der Waals surface area contributed by atoms with E-state index in [0.29, 0.717) is 23.7 Å². The van der Waals surface area contributed by atoms with Gasteiger partial charge in [-0.25, -0.2) is 0 Å². The van der Waals surface area contributed by atoms with E-state index in [1.165, 1.54) is 19.3 Å². The summed E-state index contributed by atoms with van der Waals surface area (Å²) in [6.07, 6.45) is 3.90. The van der Waals surface area contributed by atoms with Crippen molar-refractivity contribution in [3.05, 3.63) is 18.2 Å². The van der Waals surface area contributed by atoms with Crippen LogP contribution in [0.5, 0.6) is 5.75 Å². The van der Waals surface area contributed by atoms with Crippen LogP contribution in [-0.2, 0) is 4.79 Å². The van der Waals surface area contributed by atoms with E-state index in [1.54, 1.807) is 25.3 Å². The third kappa shape index (κ3) is 3.87. The highest BCUT2D eigenvalue weighted by molar-refractivity contribution is 5.95. The molecule has 1 fully saturated rings. The average Bonchev–Trinajstić information content (AvgIpc) is 2.36. The maximum absolute atomic E-state index is 12.0. The standard InChI is InChI=1S/C15H23N3O2/c1-18(9-11-4-3-5-11)10-15(19)17-14-7-6-12(20-2)8-13(14)16/h6-8,11H,3-5,9-10,16H2,1-2H3,(H,17,19). The highest BCUT2D eigenvalue weighted by atomic mass is 16.5. The normalized spacial score (nSPS) is 14.9. The van der Waals surface area contributed by atoms with Gasteiger partial charge in [-0.05, 0) is 37.9 Å². The molecule has 5 heteroatoms. The summed E-state index contributed by atoms with van der Waals surface area (Å²) in [5, 5.41) is 2.84. The van der Waals surface area contributed by atoms with Gasteiger partial charge >= 0.3 is 0 Å². The predicted octanol–water partition coefficient (Wildman–Crippen LogP) is 1.95. The summed E-state index contributed by atoms with van der Waals surface area (Å²) < 4.78 is 5.08. The number of anilines is 2. The molecule has 1 aliphatic rings. The number of carbonyl (C=O) groups excluding carboxylic acids is 1. The molecule has 1 amide bonds. The van der Waals surface area contributed by atoms with E-state index in [2.05, 4.69) is 10.2 Å².